The van der Waals surface area contributed by atoms with Crippen molar-refractivity contribution in [3.8, 4) is 0 Å². The number of carbonyl (C=O) groups excluding carboxylic acids is 1. The Kier molecular flexibility index (Phi) is 8.39. The Morgan fingerprint density at radius 1 is 1.15 bits per heavy atom. The molecule has 2 N–H and O–H groups in total. The lowest BCUT2D eigenvalue weighted by atomic mass is 9.88. The number of rotatable bonds is 5. The van der Waals surface area contributed by atoms with Crippen LogP contribution in [0.5, 0.6) is 0 Å². The van der Waals surface area contributed by atoms with Crippen LogP contribution in [0.25, 0.3) is 0 Å². The van der Waals surface area contributed by atoms with E-state index in [4.69, 9.17) is 10.5 Å². The summed E-state index contributed by atoms with van der Waals surface area (Å²) in [6.45, 7) is 5.35. The molecule has 0 saturated carbocycles. The highest BCUT2D eigenvalue weighted by Crippen LogP contribution is 2.25. The molecule has 146 valence electrons. The summed E-state index contributed by atoms with van der Waals surface area (Å²) in [6.07, 6.45) is 6.41. The average Bonchev–Trinajstić information content (AvgIpc) is 2.67. The van der Waals surface area contributed by atoms with Gasteiger partial charge in [0.1, 0.15) is 0 Å². The summed E-state index contributed by atoms with van der Waals surface area (Å²) in [5, 5.41) is 0. The third kappa shape index (κ3) is 5.70. The second kappa shape index (κ2) is 10.3. The van der Waals surface area contributed by atoms with Gasteiger partial charge in [-0.15, -0.1) is 12.4 Å². The van der Waals surface area contributed by atoms with Crippen LogP contribution in [-0.2, 0) is 16.0 Å². The van der Waals surface area contributed by atoms with Crippen molar-refractivity contribution in [3.63, 3.8) is 0 Å². The maximum absolute atomic E-state index is 12.7. The largest absolute Gasteiger partial charge is 0.381 e. The van der Waals surface area contributed by atoms with Gasteiger partial charge in [-0.1, -0.05) is 29.8 Å². The molecule has 2 saturated heterocycles. The minimum atomic E-state index is -0.340. The van der Waals surface area contributed by atoms with Gasteiger partial charge >= 0.3 is 0 Å². The highest BCUT2D eigenvalue weighted by Gasteiger charge is 2.31. The van der Waals surface area contributed by atoms with Crippen molar-refractivity contribution in [2.45, 2.75) is 51.5 Å². The molecule has 0 radical (unpaired) electrons. The number of nitrogens with two attached hydrogens (primary N) is 1. The normalized spacial score (nSPS) is 20.5. The second-order valence-corrected chi connectivity index (χ2v) is 7.77. The van der Waals surface area contributed by atoms with Gasteiger partial charge in [0.2, 0.25) is 5.91 Å². The molecule has 2 heterocycles. The number of carbonyl (C=O) groups is 1. The van der Waals surface area contributed by atoms with Gasteiger partial charge in [0, 0.05) is 26.3 Å². The Bertz CT molecular complexity index is 550. The molecular formula is C21H33ClN2O2. The molecule has 2 aliphatic rings. The van der Waals surface area contributed by atoms with Gasteiger partial charge in [0.25, 0.3) is 0 Å². The Labute approximate surface area is 163 Å². The molecule has 1 aromatic carbocycles. The SMILES string of the molecule is Cc1ccc(CCC2CCN(C(=O)C(N)C3CCOCC3)CC2)cc1.Cl. The Hall–Kier alpha value is -1.10. The molecule has 0 spiro atoms. The Morgan fingerprint density at radius 3 is 2.38 bits per heavy atom. The van der Waals surface area contributed by atoms with E-state index in [-0.39, 0.29) is 24.4 Å². The maximum Gasteiger partial charge on any atom is 0.239 e. The molecule has 3 rings (SSSR count). The Balaban J connectivity index is 0.00000243. The Morgan fingerprint density at radius 2 is 1.77 bits per heavy atom. The van der Waals surface area contributed by atoms with Crippen LogP contribution in [0.15, 0.2) is 24.3 Å². The van der Waals surface area contributed by atoms with E-state index in [0.717, 1.165) is 64.3 Å². The predicted molar refractivity (Wildman–Crippen MR) is 108 cm³/mol. The molecule has 1 amide bonds. The first-order valence-electron chi connectivity index (χ1n) is 9.81. The van der Waals surface area contributed by atoms with Gasteiger partial charge < -0.3 is 15.4 Å². The molecule has 1 aromatic rings. The van der Waals surface area contributed by atoms with Crippen molar-refractivity contribution in [1.82, 2.24) is 4.90 Å². The molecule has 4 nitrogen and oxygen atoms in total. The number of benzene rings is 1. The van der Waals surface area contributed by atoms with Crippen LogP contribution < -0.4 is 5.73 Å². The molecule has 0 bridgehead atoms. The van der Waals surface area contributed by atoms with Gasteiger partial charge in [-0.05, 0) is 62.8 Å². The van der Waals surface area contributed by atoms with E-state index in [1.807, 2.05) is 4.90 Å². The first-order valence-corrected chi connectivity index (χ1v) is 9.81. The lowest BCUT2D eigenvalue weighted by Crippen LogP contribution is -2.51. The first kappa shape index (κ1) is 21.2. The summed E-state index contributed by atoms with van der Waals surface area (Å²) >= 11 is 0. The van der Waals surface area contributed by atoms with Crippen molar-refractivity contribution < 1.29 is 9.53 Å². The van der Waals surface area contributed by atoms with Gasteiger partial charge in [-0.25, -0.2) is 0 Å². The number of ether oxygens (including phenoxy) is 1. The van der Waals surface area contributed by atoms with Gasteiger partial charge in [0.15, 0.2) is 0 Å². The van der Waals surface area contributed by atoms with Crippen molar-refractivity contribution in [3.05, 3.63) is 35.4 Å². The number of piperidine rings is 1. The molecule has 5 heteroatoms. The summed E-state index contributed by atoms with van der Waals surface area (Å²) in [5.41, 5.74) is 9.00. The quantitative estimate of drug-likeness (QED) is 0.852. The molecule has 0 aromatic heterocycles. The van der Waals surface area contributed by atoms with Crippen LogP contribution in [0.3, 0.4) is 0 Å². The fourth-order valence-corrected chi connectivity index (χ4v) is 4.05. The predicted octanol–water partition coefficient (Wildman–Crippen LogP) is 3.34. The summed E-state index contributed by atoms with van der Waals surface area (Å²) in [4.78, 5) is 14.7. The maximum atomic E-state index is 12.7. The van der Waals surface area contributed by atoms with E-state index in [1.165, 1.54) is 17.5 Å². The monoisotopic (exact) mass is 380 g/mol. The summed E-state index contributed by atoms with van der Waals surface area (Å²) in [6, 6.07) is 8.51. The van der Waals surface area contributed by atoms with Crippen molar-refractivity contribution in [2.75, 3.05) is 26.3 Å². The fourth-order valence-electron chi connectivity index (χ4n) is 4.05. The van der Waals surface area contributed by atoms with Crippen LogP contribution in [0.1, 0.15) is 43.2 Å². The zero-order valence-electron chi connectivity index (χ0n) is 15.9. The third-order valence-electron chi connectivity index (χ3n) is 5.95. The lowest BCUT2D eigenvalue weighted by molar-refractivity contribution is -0.136. The van der Waals surface area contributed by atoms with Crippen molar-refractivity contribution in [1.29, 1.82) is 0 Å². The number of amides is 1. The molecule has 1 atom stereocenters. The molecule has 2 aliphatic heterocycles. The van der Waals surface area contributed by atoms with Crippen LogP contribution in [0.4, 0.5) is 0 Å². The van der Waals surface area contributed by atoms with E-state index in [9.17, 15) is 4.79 Å². The topological polar surface area (TPSA) is 55.6 Å². The number of hydrogen-bond donors (Lipinski definition) is 1. The summed E-state index contributed by atoms with van der Waals surface area (Å²) in [7, 11) is 0. The number of hydrogen-bond acceptors (Lipinski definition) is 3. The molecular weight excluding hydrogens is 348 g/mol. The number of likely N-dealkylation sites (tertiary alicyclic amines) is 1. The molecule has 2 fully saturated rings. The second-order valence-electron chi connectivity index (χ2n) is 7.77. The zero-order chi connectivity index (χ0) is 17.6. The molecule has 26 heavy (non-hydrogen) atoms. The van der Waals surface area contributed by atoms with E-state index in [0.29, 0.717) is 5.92 Å². The van der Waals surface area contributed by atoms with Crippen molar-refractivity contribution in [2.24, 2.45) is 17.6 Å². The molecule has 1 unspecified atom stereocenters. The van der Waals surface area contributed by atoms with Gasteiger partial charge in [-0.3, -0.25) is 4.79 Å². The minimum Gasteiger partial charge on any atom is -0.381 e. The van der Waals surface area contributed by atoms with Gasteiger partial charge in [0.05, 0.1) is 6.04 Å². The minimum absolute atomic E-state index is 0. The smallest absolute Gasteiger partial charge is 0.239 e. The van der Waals surface area contributed by atoms with Crippen LogP contribution in [0, 0.1) is 18.8 Å². The number of halogens is 1. The van der Waals surface area contributed by atoms with Crippen LogP contribution >= 0.6 is 12.4 Å². The van der Waals surface area contributed by atoms with Crippen LogP contribution in [-0.4, -0.2) is 43.2 Å². The number of nitrogens with zero attached hydrogens (tertiary/aromatic N) is 1. The van der Waals surface area contributed by atoms with E-state index in [1.54, 1.807) is 0 Å². The fraction of sp³-hybridized carbons (Fsp3) is 0.667. The lowest BCUT2D eigenvalue weighted by Gasteiger charge is -2.36. The standard InChI is InChI=1S/C21H32N2O2.ClH/c1-16-2-4-17(5-3-16)6-7-18-8-12-23(13-9-18)21(24)20(22)19-10-14-25-15-11-19;/h2-5,18-20H,6-15,22H2,1H3;1H. The third-order valence-corrected chi connectivity index (χ3v) is 5.95. The van der Waals surface area contributed by atoms with E-state index in [2.05, 4.69) is 31.2 Å². The van der Waals surface area contributed by atoms with Gasteiger partial charge in [-0.2, -0.15) is 0 Å². The van der Waals surface area contributed by atoms with Crippen molar-refractivity contribution >= 4 is 18.3 Å². The average molecular weight is 381 g/mol. The van der Waals surface area contributed by atoms with E-state index >= 15 is 0 Å². The first-order chi connectivity index (χ1) is 12.1. The summed E-state index contributed by atoms with van der Waals surface area (Å²) < 4.78 is 5.38. The number of aryl methyl sites for hydroxylation is 2. The zero-order valence-corrected chi connectivity index (χ0v) is 16.7. The van der Waals surface area contributed by atoms with E-state index < -0.39 is 0 Å². The van der Waals surface area contributed by atoms with Crippen LogP contribution in [0.2, 0.25) is 0 Å². The highest BCUT2D eigenvalue weighted by atomic mass is 35.5. The molecule has 0 aliphatic carbocycles. The highest BCUT2D eigenvalue weighted by molar-refractivity contribution is 5.85. The summed E-state index contributed by atoms with van der Waals surface area (Å²) in [5.74, 6) is 1.18.